The lowest BCUT2D eigenvalue weighted by Crippen LogP contribution is -1.97. The minimum atomic E-state index is -0.914. The van der Waals surface area contributed by atoms with Crippen LogP contribution in [0.5, 0.6) is 0 Å². The second kappa shape index (κ2) is 6.05. The molecule has 1 aromatic carbocycles. The van der Waals surface area contributed by atoms with Gasteiger partial charge in [-0.2, -0.15) is 0 Å². The number of hydrogen-bond donors (Lipinski definition) is 2. The summed E-state index contributed by atoms with van der Waals surface area (Å²) in [6, 6.07) is 8.12. The Bertz CT molecular complexity index is 603. The number of carbonyl (C=O) groups is 1. The number of aromatic carboxylic acids is 1. The van der Waals surface area contributed by atoms with Crippen LogP contribution in [0, 0.1) is 0 Å². The quantitative estimate of drug-likeness (QED) is 0.863. The summed E-state index contributed by atoms with van der Waals surface area (Å²) in [4.78, 5) is 15.8. The van der Waals surface area contributed by atoms with E-state index in [0.717, 1.165) is 5.69 Å². The number of carboxylic acids is 1. The first-order valence-corrected chi connectivity index (χ1v) is 7.43. The first-order chi connectivity index (χ1) is 9.51. The van der Waals surface area contributed by atoms with Crippen molar-refractivity contribution in [2.75, 3.05) is 5.32 Å². The zero-order valence-electron chi connectivity index (χ0n) is 11.8. The van der Waals surface area contributed by atoms with Gasteiger partial charge in [0.05, 0.1) is 5.69 Å². The van der Waals surface area contributed by atoms with Crippen molar-refractivity contribution in [3.63, 3.8) is 0 Å². The molecule has 0 aliphatic rings. The average Bonchev–Trinajstić information content (AvgIpc) is 2.82. The molecule has 0 atom stereocenters. The molecular formula is C15H18N2O2S. The summed E-state index contributed by atoms with van der Waals surface area (Å²) in [6.45, 7) is 6.20. The predicted octanol–water partition coefficient (Wildman–Crippen LogP) is 4.27. The minimum absolute atomic E-state index is 0.314. The Morgan fingerprint density at radius 3 is 2.45 bits per heavy atom. The Morgan fingerprint density at radius 2 is 2.00 bits per heavy atom. The molecule has 0 saturated heterocycles. The van der Waals surface area contributed by atoms with Crippen molar-refractivity contribution in [1.82, 2.24) is 4.98 Å². The molecule has 0 aliphatic heterocycles. The maximum atomic E-state index is 11.1. The maximum absolute atomic E-state index is 11.1. The third-order valence-electron chi connectivity index (χ3n) is 3.06. The Balaban J connectivity index is 2.19. The Labute approximate surface area is 122 Å². The molecule has 4 nitrogen and oxygen atoms in total. The Kier molecular flexibility index (Phi) is 4.39. The van der Waals surface area contributed by atoms with E-state index in [1.54, 1.807) is 0 Å². The highest BCUT2D eigenvalue weighted by molar-refractivity contribution is 7.17. The molecule has 0 aliphatic carbocycles. The van der Waals surface area contributed by atoms with E-state index in [1.165, 1.54) is 16.9 Å². The monoisotopic (exact) mass is 290 g/mol. The number of anilines is 2. The van der Waals surface area contributed by atoms with Crippen LogP contribution in [0.2, 0.25) is 0 Å². The topological polar surface area (TPSA) is 62.2 Å². The molecule has 1 aromatic heterocycles. The molecule has 1 heterocycles. The lowest BCUT2D eigenvalue weighted by atomic mass is 10.0. The highest BCUT2D eigenvalue weighted by Gasteiger charge is 2.15. The van der Waals surface area contributed by atoms with Crippen LogP contribution in [-0.4, -0.2) is 16.1 Å². The summed E-state index contributed by atoms with van der Waals surface area (Å²) in [5.74, 6) is -0.420. The molecule has 2 N–H and O–H groups in total. The van der Waals surface area contributed by atoms with Gasteiger partial charge in [0.25, 0.3) is 0 Å². The van der Waals surface area contributed by atoms with Crippen LogP contribution in [0.4, 0.5) is 10.8 Å². The molecule has 5 heteroatoms. The van der Waals surface area contributed by atoms with Gasteiger partial charge < -0.3 is 10.4 Å². The molecule has 0 radical (unpaired) electrons. The highest BCUT2D eigenvalue weighted by Crippen LogP contribution is 2.27. The summed E-state index contributed by atoms with van der Waals surface area (Å²) in [7, 11) is 0. The zero-order chi connectivity index (χ0) is 14.7. The van der Waals surface area contributed by atoms with Crippen LogP contribution in [0.25, 0.3) is 0 Å². The van der Waals surface area contributed by atoms with Gasteiger partial charge in [-0.25, -0.2) is 9.78 Å². The third kappa shape index (κ3) is 3.17. The molecule has 106 valence electrons. The molecule has 0 spiro atoms. The van der Waals surface area contributed by atoms with Crippen LogP contribution in [0.15, 0.2) is 24.3 Å². The first kappa shape index (κ1) is 14.5. The maximum Gasteiger partial charge on any atom is 0.347 e. The molecule has 0 unspecified atom stereocenters. The molecule has 2 aromatic rings. The minimum Gasteiger partial charge on any atom is -0.477 e. The SMILES string of the molecule is CCc1nc(Nc2ccc(C(C)C)cc2)sc1C(=O)O. The van der Waals surface area contributed by atoms with E-state index in [-0.39, 0.29) is 0 Å². The van der Waals surface area contributed by atoms with Crippen LogP contribution in [-0.2, 0) is 6.42 Å². The van der Waals surface area contributed by atoms with Crippen molar-refractivity contribution in [2.45, 2.75) is 33.1 Å². The fourth-order valence-electron chi connectivity index (χ4n) is 1.89. The largest absolute Gasteiger partial charge is 0.477 e. The van der Waals surface area contributed by atoms with E-state index in [9.17, 15) is 4.79 Å². The number of aryl methyl sites for hydroxylation is 1. The number of aromatic nitrogens is 1. The van der Waals surface area contributed by atoms with Crippen LogP contribution >= 0.6 is 11.3 Å². The second-order valence-corrected chi connectivity index (χ2v) is 5.85. The number of nitrogens with zero attached hydrogens (tertiary/aromatic N) is 1. The number of carboxylic acid groups (broad SMARTS) is 1. The fourth-order valence-corrected chi connectivity index (χ4v) is 2.80. The summed E-state index contributed by atoms with van der Waals surface area (Å²) >= 11 is 1.18. The lowest BCUT2D eigenvalue weighted by molar-refractivity contribution is 0.0701. The van der Waals surface area contributed by atoms with E-state index in [1.807, 2.05) is 19.1 Å². The van der Waals surface area contributed by atoms with Gasteiger partial charge in [-0.1, -0.05) is 44.2 Å². The summed E-state index contributed by atoms with van der Waals surface area (Å²) in [5.41, 5.74) is 2.82. The Hall–Kier alpha value is -1.88. The van der Waals surface area contributed by atoms with Gasteiger partial charge in [0, 0.05) is 5.69 Å². The molecule has 0 fully saturated rings. The first-order valence-electron chi connectivity index (χ1n) is 6.61. The molecule has 0 bridgehead atoms. The second-order valence-electron chi connectivity index (χ2n) is 4.86. The highest BCUT2D eigenvalue weighted by atomic mass is 32.1. The average molecular weight is 290 g/mol. The Morgan fingerprint density at radius 1 is 1.35 bits per heavy atom. The van der Waals surface area contributed by atoms with Gasteiger partial charge in [0.2, 0.25) is 0 Å². The van der Waals surface area contributed by atoms with Crippen molar-refractivity contribution < 1.29 is 9.90 Å². The van der Waals surface area contributed by atoms with Gasteiger partial charge in [0.15, 0.2) is 5.13 Å². The summed E-state index contributed by atoms with van der Waals surface area (Å²) in [6.07, 6.45) is 0.617. The normalized spacial score (nSPS) is 10.8. The van der Waals surface area contributed by atoms with Crippen LogP contribution < -0.4 is 5.32 Å². The standard InChI is InChI=1S/C15H18N2O2S/c1-4-12-13(14(18)19)20-15(17-12)16-11-7-5-10(6-8-11)9(2)3/h5-9H,4H2,1-3H3,(H,16,17)(H,18,19). The lowest BCUT2D eigenvalue weighted by Gasteiger charge is -2.07. The van der Waals surface area contributed by atoms with Crippen molar-refractivity contribution in [2.24, 2.45) is 0 Å². The van der Waals surface area contributed by atoms with Gasteiger partial charge in [-0.05, 0) is 30.0 Å². The zero-order valence-corrected chi connectivity index (χ0v) is 12.6. The molecule has 0 amide bonds. The van der Waals surface area contributed by atoms with E-state index in [2.05, 4.69) is 36.3 Å². The summed E-state index contributed by atoms with van der Waals surface area (Å²) in [5, 5.41) is 12.9. The van der Waals surface area contributed by atoms with Gasteiger partial charge >= 0.3 is 5.97 Å². The van der Waals surface area contributed by atoms with Crippen molar-refractivity contribution in [3.8, 4) is 0 Å². The van der Waals surface area contributed by atoms with Crippen molar-refractivity contribution in [3.05, 3.63) is 40.4 Å². The van der Waals surface area contributed by atoms with Crippen molar-refractivity contribution in [1.29, 1.82) is 0 Å². The third-order valence-corrected chi connectivity index (χ3v) is 4.06. The predicted molar refractivity (Wildman–Crippen MR) is 82.3 cm³/mol. The summed E-state index contributed by atoms with van der Waals surface area (Å²) < 4.78 is 0. The number of nitrogens with one attached hydrogen (secondary N) is 1. The molecule has 0 saturated carbocycles. The van der Waals surface area contributed by atoms with E-state index < -0.39 is 5.97 Å². The smallest absolute Gasteiger partial charge is 0.347 e. The van der Waals surface area contributed by atoms with Crippen molar-refractivity contribution >= 4 is 28.1 Å². The van der Waals surface area contributed by atoms with E-state index >= 15 is 0 Å². The van der Waals surface area contributed by atoms with Gasteiger partial charge in [-0.3, -0.25) is 0 Å². The van der Waals surface area contributed by atoms with Gasteiger partial charge in [-0.15, -0.1) is 0 Å². The van der Waals surface area contributed by atoms with E-state index in [0.29, 0.717) is 28.0 Å². The molecule has 2 rings (SSSR count). The fraction of sp³-hybridized carbons (Fsp3) is 0.333. The number of benzene rings is 1. The molecule has 20 heavy (non-hydrogen) atoms. The number of thiazole rings is 1. The van der Waals surface area contributed by atoms with E-state index in [4.69, 9.17) is 5.11 Å². The molecular weight excluding hydrogens is 272 g/mol. The number of rotatable bonds is 5. The van der Waals surface area contributed by atoms with Gasteiger partial charge in [0.1, 0.15) is 4.88 Å². The van der Waals surface area contributed by atoms with Crippen LogP contribution in [0.3, 0.4) is 0 Å². The number of hydrogen-bond acceptors (Lipinski definition) is 4. The van der Waals surface area contributed by atoms with Crippen LogP contribution in [0.1, 0.15) is 47.6 Å².